The van der Waals surface area contributed by atoms with Crippen LogP contribution in [0.25, 0.3) is 0 Å². The Labute approximate surface area is 108 Å². The average molecular weight is 252 g/mol. The summed E-state index contributed by atoms with van der Waals surface area (Å²) in [5, 5.41) is 0. The van der Waals surface area contributed by atoms with Crippen molar-refractivity contribution in [1.82, 2.24) is 4.31 Å². The predicted octanol–water partition coefficient (Wildman–Crippen LogP) is 2.40. The summed E-state index contributed by atoms with van der Waals surface area (Å²) >= 11 is 1.85. The highest BCUT2D eigenvalue weighted by Crippen LogP contribution is 2.29. The van der Waals surface area contributed by atoms with Gasteiger partial charge in [-0.3, -0.25) is 0 Å². The lowest BCUT2D eigenvalue weighted by Crippen LogP contribution is -2.31. The van der Waals surface area contributed by atoms with Crippen LogP contribution in [0.2, 0.25) is 0 Å². The number of hydrogen-bond donors (Lipinski definition) is 0. The third-order valence-electron chi connectivity index (χ3n) is 2.89. The Morgan fingerprint density at radius 3 is 2.59 bits per heavy atom. The molecule has 0 unspecified atom stereocenters. The van der Waals surface area contributed by atoms with Crippen molar-refractivity contribution >= 4 is 17.6 Å². The van der Waals surface area contributed by atoms with E-state index in [4.69, 9.17) is 4.74 Å². The van der Waals surface area contributed by atoms with Crippen molar-refractivity contribution in [2.45, 2.75) is 11.8 Å². The first-order valence-electron chi connectivity index (χ1n) is 5.95. The van der Waals surface area contributed by atoms with Gasteiger partial charge in [0.1, 0.15) is 0 Å². The molecule has 0 aromatic heterocycles. The molecule has 1 aromatic rings. The van der Waals surface area contributed by atoms with Crippen molar-refractivity contribution in [2.24, 2.45) is 0 Å². The average Bonchev–Trinajstić information content (AvgIpc) is 2.33. The number of anilines is 1. The highest BCUT2D eigenvalue weighted by atomic mass is 32.2. The molecule has 0 N–H and O–H groups in total. The molecule has 0 amide bonds. The molecule has 1 aliphatic heterocycles. The van der Waals surface area contributed by atoms with E-state index in [1.54, 1.807) is 0 Å². The van der Waals surface area contributed by atoms with Crippen LogP contribution in [0.3, 0.4) is 0 Å². The van der Waals surface area contributed by atoms with Crippen molar-refractivity contribution in [2.75, 3.05) is 45.3 Å². The summed E-state index contributed by atoms with van der Waals surface area (Å²) in [5.74, 6) is 0. The number of ether oxygens (including phenoxy) is 1. The van der Waals surface area contributed by atoms with Crippen LogP contribution in [0, 0.1) is 6.92 Å². The summed E-state index contributed by atoms with van der Waals surface area (Å²) in [6.45, 7) is 5.88. The van der Waals surface area contributed by atoms with E-state index in [1.807, 2.05) is 11.9 Å². The van der Waals surface area contributed by atoms with Crippen LogP contribution in [0.5, 0.6) is 0 Å². The Kier molecular flexibility index (Phi) is 4.31. The maximum Gasteiger partial charge on any atom is 0.0603 e. The smallest absolute Gasteiger partial charge is 0.0603 e. The van der Waals surface area contributed by atoms with E-state index < -0.39 is 0 Å². The van der Waals surface area contributed by atoms with Crippen LogP contribution >= 0.6 is 11.9 Å². The minimum absolute atomic E-state index is 0.847. The summed E-state index contributed by atoms with van der Waals surface area (Å²) in [7, 11) is 4.15. The van der Waals surface area contributed by atoms with Crippen LogP contribution in [0.4, 0.5) is 5.69 Å². The molecule has 0 saturated carbocycles. The molecule has 0 aliphatic carbocycles. The van der Waals surface area contributed by atoms with E-state index in [1.165, 1.54) is 16.1 Å². The molecule has 0 bridgehead atoms. The van der Waals surface area contributed by atoms with Gasteiger partial charge >= 0.3 is 0 Å². The monoisotopic (exact) mass is 252 g/mol. The van der Waals surface area contributed by atoms with E-state index in [0.29, 0.717) is 0 Å². The maximum atomic E-state index is 5.37. The Morgan fingerprint density at radius 2 is 1.94 bits per heavy atom. The fourth-order valence-electron chi connectivity index (χ4n) is 1.74. The van der Waals surface area contributed by atoms with E-state index in [2.05, 4.69) is 48.4 Å². The number of rotatable bonds is 3. The zero-order chi connectivity index (χ0) is 12.3. The second-order valence-corrected chi connectivity index (χ2v) is 5.62. The highest BCUT2D eigenvalue weighted by Gasteiger charge is 2.13. The molecule has 1 aromatic carbocycles. The third kappa shape index (κ3) is 3.37. The van der Waals surface area contributed by atoms with Crippen LogP contribution in [-0.2, 0) is 4.74 Å². The Balaban J connectivity index is 2.10. The lowest BCUT2D eigenvalue weighted by Gasteiger charge is -2.26. The van der Waals surface area contributed by atoms with Gasteiger partial charge in [-0.15, -0.1) is 0 Å². The molecule has 0 spiro atoms. The number of morpholine rings is 1. The van der Waals surface area contributed by atoms with Gasteiger partial charge in [0.15, 0.2) is 0 Å². The largest absolute Gasteiger partial charge is 0.379 e. The first-order chi connectivity index (χ1) is 8.16. The van der Waals surface area contributed by atoms with Crippen molar-refractivity contribution in [3.8, 4) is 0 Å². The summed E-state index contributed by atoms with van der Waals surface area (Å²) in [6, 6.07) is 6.62. The molecule has 3 nitrogen and oxygen atoms in total. The lowest BCUT2D eigenvalue weighted by molar-refractivity contribution is 0.0773. The zero-order valence-corrected chi connectivity index (χ0v) is 11.6. The zero-order valence-electron chi connectivity index (χ0n) is 10.8. The van der Waals surface area contributed by atoms with E-state index in [9.17, 15) is 0 Å². The number of benzene rings is 1. The molecular weight excluding hydrogens is 232 g/mol. The molecule has 17 heavy (non-hydrogen) atoms. The van der Waals surface area contributed by atoms with Crippen LogP contribution in [0.15, 0.2) is 23.1 Å². The molecular formula is C13H20N2OS. The minimum atomic E-state index is 0.847. The molecule has 1 heterocycles. The van der Waals surface area contributed by atoms with Crippen molar-refractivity contribution < 1.29 is 4.74 Å². The van der Waals surface area contributed by atoms with Crippen LogP contribution in [0.1, 0.15) is 5.56 Å². The second-order valence-electron chi connectivity index (χ2n) is 4.48. The SMILES string of the molecule is Cc1ccc(N(C)C)cc1SN1CCOCC1. The summed E-state index contributed by atoms with van der Waals surface area (Å²) in [4.78, 5) is 3.49. The normalized spacial score (nSPS) is 17.1. The quantitative estimate of drug-likeness (QED) is 0.767. The van der Waals surface area contributed by atoms with E-state index in [0.717, 1.165) is 26.3 Å². The molecule has 0 radical (unpaired) electrons. The molecule has 1 fully saturated rings. The Bertz CT molecular complexity index is 376. The summed E-state index contributed by atoms with van der Waals surface area (Å²) < 4.78 is 7.75. The lowest BCUT2D eigenvalue weighted by atomic mass is 10.2. The number of nitrogens with zero attached hydrogens (tertiary/aromatic N) is 2. The van der Waals surface area contributed by atoms with Gasteiger partial charge in [0.2, 0.25) is 0 Å². The highest BCUT2D eigenvalue weighted by molar-refractivity contribution is 7.97. The molecule has 1 saturated heterocycles. The first-order valence-corrected chi connectivity index (χ1v) is 6.73. The maximum absolute atomic E-state index is 5.37. The molecule has 0 atom stereocenters. The first kappa shape index (κ1) is 12.7. The van der Waals surface area contributed by atoms with Gasteiger partial charge < -0.3 is 9.64 Å². The fourth-order valence-corrected chi connectivity index (χ4v) is 2.74. The van der Waals surface area contributed by atoms with Gasteiger partial charge in [-0.25, -0.2) is 4.31 Å². The van der Waals surface area contributed by atoms with Gasteiger partial charge in [-0.2, -0.15) is 0 Å². The molecule has 4 heteroatoms. The topological polar surface area (TPSA) is 15.7 Å². The molecule has 1 aliphatic rings. The van der Waals surface area contributed by atoms with Gasteiger partial charge in [-0.1, -0.05) is 6.07 Å². The minimum Gasteiger partial charge on any atom is -0.379 e. The van der Waals surface area contributed by atoms with Gasteiger partial charge in [0.05, 0.1) is 13.2 Å². The third-order valence-corrected chi connectivity index (χ3v) is 4.15. The molecule has 2 rings (SSSR count). The molecule has 94 valence electrons. The van der Waals surface area contributed by atoms with Crippen molar-refractivity contribution in [3.05, 3.63) is 23.8 Å². The van der Waals surface area contributed by atoms with E-state index >= 15 is 0 Å². The van der Waals surface area contributed by atoms with Crippen molar-refractivity contribution in [3.63, 3.8) is 0 Å². The van der Waals surface area contributed by atoms with Gasteiger partial charge in [0, 0.05) is 37.8 Å². The van der Waals surface area contributed by atoms with Crippen LogP contribution < -0.4 is 4.90 Å². The second kappa shape index (κ2) is 5.76. The standard InChI is InChI=1S/C13H20N2OS/c1-11-4-5-12(14(2)3)10-13(11)17-15-6-8-16-9-7-15/h4-5,10H,6-9H2,1-3H3. The number of hydrogen-bond acceptors (Lipinski definition) is 4. The number of aryl methyl sites for hydroxylation is 1. The van der Waals surface area contributed by atoms with Gasteiger partial charge in [0.25, 0.3) is 0 Å². The Hall–Kier alpha value is -0.710. The Morgan fingerprint density at radius 1 is 1.24 bits per heavy atom. The van der Waals surface area contributed by atoms with Gasteiger partial charge in [-0.05, 0) is 36.6 Å². The van der Waals surface area contributed by atoms with Crippen LogP contribution in [-0.4, -0.2) is 44.7 Å². The predicted molar refractivity (Wildman–Crippen MR) is 73.8 cm³/mol. The van der Waals surface area contributed by atoms with E-state index in [-0.39, 0.29) is 0 Å². The van der Waals surface area contributed by atoms with Crippen molar-refractivity contribution in [1.29, 1.82) is 0 Å². The fraction of sp³-hybridized carbons (Fsp3) is 0.538. The summed E-state index contributed by atoms with van der Waals surface area (Å²) in [5.41, 5.74) is 2.60. The summed E-state index contributed by atoms with van der Waals surface area (Å²) in [6.07, 6.45) is 0.